The number of hydrogen-bond donors (Lipinski definition) is 1. The molecule has 12 heavy (non-hydrogen) atoms. The van der Waals surface area contributed by atoms with Gasteiger partial charge in [-0.1, -0.05) is 12.5 Å². The van der Waals surface area contributed by atoms with Crippen LogP contribution in [0.1, 0.15) is 19.3 Å². The summed E-state index contributed by atoms with van der Waals surface area (Å²) in [5.41, 5.74) is 6.55. The minimum atomic E-state index is 0.854. The maximum absolute atomic E-state index is 5.68. The van der Waals surface area contributed by atoms with Crippen molar-refractivity contribution in [3.05, 3.63) is 24.3 Å². The minimum absolute atomic E-state index is 0.854. The first-order valence-electron chi connectivity index (χ1n) is 4.37. The summed E-state index contributed by atoms with van der Waals surface area (Å²) < 4.78 is 0. The molecule has 1 fully saturated rings. The van der Waals surface area contributed by atoms with Gasteiger partial charge >= 0.3 is 0 Å². The highest BCUT2D eigenvalue weighted by atomic mass is 32.2. The Kier molecular flexibility index (Phi) is 2.26. The van der Waals surface area contributed by atoms with Crippen LogP contribution >= 0.6 is 11.8 Å². The standard InChI is InChI=1S/C10H13NS/c11-8-3-1-6-10(7-8)12-9-4-2-5-9/h1,3,6-7,9H,2,4-5,11H2. The van der Waals surface area contributed by atoms with Crippen LogP contribution in [-0.4, -0.2) is 5.25 Å². The van der Waals surface area contributed by atoms with Crippen molar-refractivity contribution in [2.24, 2.45) is 0 Å². The molecule has 0 heterocycles. The van der Waals surface area contributed by atoms with E-state index in [2.05, 4.69) is 12.1 Å². The van der Waals surface area contributed by atoms with Gasteiger partial charge in [0.2, 0.25) is 0 Å². The molecule has 2 N–H and O–H groups in total. The zero-order valence-electron chi connectivity index (χ0n) is 6.99. The summed E-state index contributed by atoms with van der Waals surface area (Å²) in [6.07, 6.45) is 4.15. The van der Waals surface area contributed by atoms with Crippen LogP contribution in [0.15, 0.2) is 29.2 Å². The summed E-state index contributed by atoms with van der Waals surface area (Å²) in [5.74, 6) is 0. The molecular weight excluding hydrogens is 166 g/mol. The molecule has 0 aliphatic heterocycles. The minimum Gasteiger partial charge on any atom is -0.399 e. The SMILES string of the molecule is Nc1cccc(SC2CCC2)c1. The van der Waals surface area contributed by atoms with Crippen molar-refractivity contribution in [1.29, 1.82) is 0 Å². The smallest absolute Gasteiger partial charge is 0.0325 e. The van der Waals surface area contributed by atoms with Crippen LogP contribution < -0.4 is 5.73 Å². The van der Waals surface area contributed by atoms with Crippen LogP contribution in [0.2, 0.25) is 0 Å². The monoisotopic (exact) mass is 179 g/mol. The zero-order chi connectivity index (χ0) is 8.39. The predicted molar refractivity (Wildman–Crippen MR) is 54.4 cm³/mol. The van der Waals surface area contributed by atoms with Gasteiger partial charge in [-0.15, -0.1) is 11.8 Å². The Morgan fingerprint density at radius 3 is 2.75 bits per heavy atom. The van der Waals surface area contributed by atoms with Crippen LogP contribution in [0.25, 0.3) is 0 Å². The fraction of sp³-hybridized carbons (Fsp3) is 0.400. The molecular formula is C10H13NS. The molecule has 1 nitrogen and oxygen atoms in total. The van der Waals surface area contributed by atoms with Crippen LogP contribution in [-0.2, 0) is 0 Å². The third kappa shape index (κ3) is 1.75. The number of benzene rings is 1. The van der Waals surface area contributed by atoms with E-state index < -0.39 is 0 Å². The Bertz CT molecular complexity index is 268. The van der Waals surface area contributed by atoms with Crippen molar-refractivity contribution < 1.29 is 0 Å². The largest absolute Gasteiger partial charge is 0.399 e. The van der Waals surface area contributed by atoms with E-state index in [1.807, 2.05) is 23.9 Å². The quantitative estimate of drug-likeness (QED) is 0.706. The molecule has 2 heteroatoms. The fourth-order valence-electron chi connectivity index (χ4n) is 1.27. The van der Waals surface area contributed by atoms with E-state index in [4.69, 9.17) is 5.73 Å². The Morgan fingerprint density at radius 2 is 2.17 bits per heavy atom. The Hall–Kier alpha value is -0.630. The van der Waals surface area contributed by atoms with Gasteiger partial charge < -0.3 is 5.73 Å². The van der Waals surface area contributed by atoms with Gasteiger partial charge in [0.15, 0.2) is 0 Å². The maximum Gasteiger partial charge on any atom is 0.0325 e. The molecule has 1 aliphatic carbocycles. The summed E-state index contributed by atoms with van der Waals surface area (Å²) >= 11 is 1.96. The summed E-state index contributed by atoms with van der Waals surface area (Å²) in [7, 11) is 0. The van der Waals surface area contributed by atoms with E-state index in [9.17, 15) is 0 Å². The van der Waals surface area contributed by atoms with Crippen LogP contribution in [0.5, 0.6) is 0 Å². The van der Waals surface area contributed by atoms with Crippen LogP contribution in [0.4, 0.5) is 5.69 Å². The lowest BCUT2D eigenvalue weighted by molar-refractivity contribution is 0.522. The summed E-state index contributed by atoms with van der Waals surface area (Å²) in [6, 6.07) is 8.16. The molecule has 64 valence electrons. The number of thioether (sulfide) groups is 1. The highest BCUT2D eigenvalue weighted by Gasteiger charge is 2.18. The molecule has 0 saturated heterocycles. The lowest BCUT2D eigenvalue weighted by Crippen LogP contribution is -2.12. The molecule has 1 aromatic rings. The number of hydrogen-bond acceptors (Lipinski definition) is 2. The lowest BCUT2D eigenvalue weighted by atomic mass is 10.0. The van der Waals surface area contributed by atoms with Crippen molar-refractivity contribution in [3.8, 4) is 0 Å². The van der Waals surface area contributed by atoms with E-state index in [-0.39, 0.29) is 0 Å². The second-order valence-corrected chi connectivity index (χ2v) is 4.62. The molecule has 0 atom stereocenters. The van der Waals surface area contributed by atoms with Crippen molar-refractivity contribution >= 4 is 17.4 Å². The van der Waals surface area contributed by atoms with Gasteiger partial charge in [0.05, 0.1) is 0 Å². The molecule has 0 radical (unpaired) electrons. The van der Waals surface area contributed by atoms with Crippen molar-refractivity contribution in [2.45, 2.75) is 29.4 Å². The molecule has 1 aliphatic rings. The molecule has 2 rings (SSSR count). The first kappa shape index (κ1) is 7.99. The Labute approximate surface area is 77.3 Å². The molecule has 0 aromatic heterocycles. The normalized spacial score (nSPS) is 17.3. The van der Waals surface area contributed by atoms with Crippen molar-refractivity contribution in [1.82, 2.24) is 0 Å². The van der Waals surface area contributed by atoms with Gasteiger partial charge in [0, 0.05) is 15.8 Å². The summed E-state index contributed by atoms with van der Waals surface area (Å²) in [6.45, 7) is 0. The van der Waals surface area contributed by atoms with E-state index in [1.54, 1.807) is 0 Å². The van der Waals surface area contributed by atoms with Gasteiger partial charge in [-0.2, -0.15) is 0 Å². The van der Waals surface area contributed by atoms with Crippen LogP contribution in [0, 0.1) is 0 Å². The average Bonchev–Trinajstić information content (AvgIpc) is 1.97. The maximum atomic E-state index is 5.68. The number of nitrogens with two attached hydrogens (primary N) is 1. The zero-order valence-corrected chi connectivity index (χ0v) is 7.81. The molecule has 1 saturated carbocycles. The van der Waals surface area contributed by atoms with E-state index in [0.29, 0.717) is 0 Å². The van der Waals surface area contributed by atoms with Gasteiger partial charge in [-0.3, -0.25) is 0 Å². The van der Waals surface area contributed by atoms with E-state index in [0.717, 1.165) is 10.9 Å². The van der Waals surface area contributed by atoms with Crippen LogP contribution in [0.3, 0.4) is 0 Å². The molecule has 0 unspecified atom stereocenters. The second-order valence-electron chi connectivity index (χ2n) is 3.24. The first-order chi connectivity index (χ1) is 5.84. The summed E-state index contributed by atoms with van der Waals surface area (Å²) in [4.78, 5) is 1.32. The lowest BCUT2D eigenvalue weighted by Gasteiger charge is -2.24. The molecule has 0 amide bonds. The van der Waals surface area contributed by atoms with E-state index in [1.165, 1.54) is 24.2 Å². The number of anilines is 1. The molecule has 0 bridgehead atoms. The topological polar surface area (TPSA) is 26.0 Å². The van der Waals surface area contributed by atoms with Gasteiger partial charge in [0.1, 0.15) is 0 Å². The van der Waals surface area contributed by atoms with Gasteiger partial charge in [-0.25, -0.2) is 0 Å². The van der Waals surface area contributed by atoms with Crippen molar-refractivity contribution in [2.75, 3.05) is 5.73 Å². The number of rotatable bonds is 2. The molecule has 1 aromatic carbocycles. The highest BCUT2D eigenvalue weighted by Crippen LogP contribution is 2.36. The number of nitrogen functional groups attached to an aromatic ring is 1. The van der Waals surface area contributed by atoms with E-state index >= 15 is 0 Å². The first-order valence-corrected chi connectivity index (χ1v) is 5.25. The highest BCUT2D eigenvalue weighted by molar-refractivity contribution is 8.00. The second kappa shape index (κ2) is 3.40. The molecule has 0 spiro atoms. The van der Waals surface area contributed by atoms with Crippen molar-refractivity contribution in [3.63, 3.8) is 0 Å². The fourth-order valence-corrected chi connectivity index (χ4v) is 2.58. The third-order valence-corrected chi connectivity index (χ3v) is 3.54. The average molecular weight is 179 g/mol. The van der Waals surface area contributed by atoms with Gasteiger partial charge in [-0.05, 0) is 31.0 Å². The summed E-state index contributed by atoms with van der Waals surface area (Å²) in [5, 5.41) is 0.854. The Morgan fingerprint density at radius 1 is 1.33 bits per heavy atom. The predicted octanol–water partition coefficient (Wildman–Crippen LogP) is 2.91. The van der Waals surface area contributed by atoms with Gasteiger partial charge in [0.25, 0.3) is 0 Å². The Balaban J connectivity index is 2.02. The third-order valence-electron chi connectivity index (χ3n) is 2.21.